The predicted molar refractivity (Wildman–Crippen MR) is 103 cm³/mol. The molecule has 0 saturated heterocycles. The van der Waals surface area contributed by atoms with E-state index in [-0.39, 0.29) is 5.91 Å². The predicted octanol–water partition coefficient (Wildman–Crippen LogP) is 4.43. The number of unbranched alkanes of at least 4 members (excludes halogenated alkanes) is 9. The van der Waals surface area contributed by atoms with Crippen molar-refractivity contribution in [3.8, 4) is 0 Å². The fraction of sp³-hybridized carbons (Fsp3) is 0.950. The molecule has 0 radical (unpaired) electrons. The van der Waals surface area contributed by atoms with Gasteiger partial charge in [0.1, 0.15) is 0 Å². The first-order valence-corrected chi connectivity index (χ1v) is 10.4. The second-order valence-corrected chi connectivity index (χ2v) is 6.64. The number of nitrogens with one attached hydrogen (secondary N) is 2. The van der Waals surface area contributed by atoms with Crippen LogP contribution in [0.2, 0.25) is 0 Å². The van der Waals surface area contributed by atoms with Crippen molar-refractivity contribution in [3.63, 3.8) is 0 Å². The molecule has 0 aliphatic heterocycles. The van der Waals surface area contributed by atoms with E-state index in [1.807, 2.05) is 0 Å². The van der Waals surface area contributed by atoms with Crippen molar-refractivity contribution in [3.05, 3.63) is 0 Å². The smallest absolute Gasteiger partial charge is 0.221 e. The van der Waals surface area contributed by atoms with Crippen LogP contribution in [-0.4, -0.2) is 38.8 Å². The minimum Gasteiger partial charge on any atom is -0.380 e. The summed E-state index contributed by atoms with van der Waals surface area (Å²) in [5.41, 5.74) is 0. The fourth-order valence-corrected chi connectivity index (χ4v) is 2.65. The average Bonchev–Trinajstić information content (AvgIpc) is 2.59. The van der Waals surface area contributed by atoms with E-state index in [0.29, 0.717) is 6.42 Å². The average molecular weight is 343 g/mol. The Morgan fingerprint density at radius 1 is 0.708 bits per heavy atom. The number of hydrogen-bond donors (Lipinski definition) is 2. The van der Waals surface area contributed by atoms with Crippen LogP contribution in [0.3, 0.4) is 0 Å². The largest absolute Gasteiger partial charge is 0.380 e. The Morgan fingerprint density at radius 3 is 1.96 bits per heavy atom. The highest BCUT2D eigenvalue weighted by molar-refractivity contribution is 5.75. The molecule has 0 aromatic rings. The van der Waals surface area contributed by atoms with Gasteiger partial charge in [0.2, 0.25) is 5.91 Å². The van der Waals surface area contributed by atoms with E-state index in [2.05, 4.69) is 24.5 Å². The summed E-state index contributed by atoms with van der Waals surface area (Å²) in [7, 11) is 0. The van der Waals surface area contributed by atoms with E-state index in [1.54, 1.807) is 0 Å². The van der Waals surface area contributed by atoms with Crippen LogP contribution in [0.15, 0.2) is 0 Å². The first kappa shape index (κ1) is 23.4. The molecule has 0 spiro atoms. The Morgan fingerprint density at radius 2 is 1.33 bits per heavy atom. The van der Waals surface area contributed by atoms with Gasteiger partial charge in [0.25, 0.3) is 0 Å². The zero-order chi connectivity index (χ0) is 17.7. The van der Waals surface area contributed by atoms with Gasteiger partial charge in [-0.2, -0.15) is 0 Å². The zero-order valence-electron chi connectivity index (χ0n) is 16.3. The van der Waals surface area contributed by atoms with Crippen LogP contribution in [-0.2, 0) is 9.53 Å². The third-order valence-electron chi connectivity index (χ3n) is 4.15. The number of hydrogen-bond acceptors (Lipinski definition) is 3. The topological polar surface area (TPSA) is 50.4 Å². The van der Waals surface area contributed by atoms with Gasteiger partial charge < -0.3 is 15.4 Å². The van der Waals surface area contributed by atoms with Crippen LogP contribution in [0, 0.1) is 0 Å². The summed E-state index contributed by atoms with van der Waals surface area (Å²) < 4.78 is 5.37. The Bertz CT molecular complexity index is 260. The van der Waals surface area contributed by atoms with Gasteiger partial charge >= 0.3 is 0 Å². The SMILES string of the molecule is CCCCCCCCCCCCNC(=O)CCNCCOCCC. The molecule has 0 unspecified atom stereocenters. The Kier molecular flexibility index (Phi) is 19.9. The molecule has 0 heterocycles. The maximum atomic E-state index is 11.7. The first-order chi connectivity index (χ1) is 11.8. The van der Waals surface area contributed by atoms with Gasteiger partial charge in [0.05, 0.1) is 6.61 Å². The molecule has 0 bridgehead atoms. The van der Waals surface area contributed by atoms with Crippen LogP contribution in [0.25, 0.3) is 0 Å². The summed E-state index contributed by atoms with van der Waals surface area (Å²) >= 11 is 0. The third kappa shape index (κ3) is 19.4. The molecule has 144 valence electrons. The van der Waals surface area contributed by atoms with E-state index in [9.17, 15) is 4.79 Å². The van der Waals surface area contributed by atoms with Crippen LogP contribution in [0.5, 0.6) is 0 Å². The van der Waals surface area contributed by atoms with Gasteiger partial charge in [-0.05, 0) is 12.8 Å². The maximum Gasteiger partial charge on any atom is 0.221 e. The van der Waals surface area contributed by atoms with E-state index in [0.717, 1.165) is 45.7 Å². The highest BCUT2D eigenvalue weighted by atomic mass is 16.5. The van der Waals surface area contributed by atoms with E-state index in [1.165, 1.54) is 57.8 Å². The van der Waals surface area contributed by atoms with Crippen molar-refractivity contribution in [2.45, 2.75) is 90.9 Å². The molecule has 0 aliphatic rings. The number of rotatable bonds is 19. The molecule has 4 nitrogen and oxygen atoms in total. The second-order valence-electron chi connectivity index (χ2n) is 6.64. The molecular formula is C20H42N2O2. The summed E-state index contributed by atoms with van der Waals surface area (Å²) in [5, 5.41) is 6.24. The van der Waals surface area contributed by atoms with Gasteiger partial charge in [-0.25, -0.2) is 0 Å². The molecule has 24 heavy (non-hydrogen) atoms. The Balaban J connectivity index is 3.12. The number of amides is 1. The van der Waals surface area contributed by atoms with Crippen LogP contribution < -0.4 is 10.6 Å². The third-order valence-corrected chi connectivity index (χ3v) is 4.15. The molecular weight excluding hydrogens is 300 g/mol. The lowest BCUT2D eigenvalue weighted by molar-refractivity contribution is -0.121. The quantitative estimate of drug-likeness (QED) is 0.341. The summed E-state index contributed by atoms with van der Waals surface area (Å²) in [5.74, 6) is 0.160. The molecule has 1 amide bonds. The zero-order valence-corrected chi connectivity index (χ0v) is 16.3. The lowest BCUT2D eigenvalue weighted by Crippen LogP contribution is -2.29. The fourth-order valence-electron chi connectivity index (χ4n) is 2.65. The maximum absolute atomic E-state index is 11.7. The first-order valence-electron chi connectivity index (χ1n) is 10.4. The van der Waals surface area contributed by atoms with Crippen LogP contribution >= 0.6 is 0 Å². The number of ether oxygens (including phenoxy) is 1. The molecule has 0 atom stereocenters. The van der Waals surface area contributed by atoms with Crippen molar-refractivity contribution < 1.29 is 9.53 Å². The molecule has 0 rings (SSSR count). The molecule has 2 N–H and O–H groups in total. The molecule has 0 saturated carbocycles. The van der Waals surface area contributed by atoms with Crippen LogP contribution in [0.1, 0.15) is 90.9 Å². The highest BCUT2D eigenvalue weighted by Gasteiger charge is 2.00. The second kappa shape index (κ2) is 20.4. The van der Waals surface area contributed by atoms with Crippen molar-refractivity contribution in [2.75, 3.05) is 32.8 Å². The Hall–Kier alpha value is -0.610. The van der Waals surface area contributed by atoms with Gasteiger partial charge in [-0.3, -0.25) is 4.79 Å². The normalized spacial score (nSPS) is 10.9. The van der Waals surface area contributed by atoms with E-state index >= 15 is 0 Å². The number of carbonyl (C=O) groups is 1. The Labute approximate surface area is 150 Å². The number of carbonyl (C=O) groups excluding carboxylic acids is 1. The van der Waals surface area contributed by atoms with Gasteiger partial charge in [0, 0.05) is 32.7 Å². The van der Waals surface area contributed by atoms with Crippen molar-refractivity contribution in [1.82, 2.24) is 10.6 Å². The molecule has 0 fully saturated rings. The lowest BCUT2D eigenvalue weighted by Gasteiger charge is -2.07. The minimum atomic E-state index is 0.160. The summed E-state index contributed by atoms with van der Waals surface area (Å²) in [6.07, 6.45) is 14.9. The van der Waals surface area contributed by atoms with Crippen molar-refractivity contribution >= 4 is 5.91 Å². The lowest BCUT2D eigenvalue weighted by atomic mass is 10.1. The standard InChI is InChI=1S/C20H42N2O2/c1-3-5-6-7-8-9-10-11-12-13-15-22-20(23)14-16-21-17-19-24-18-4-2/h21H,3-19H2,1-2H3,(H,22,23). The van der Waals surface area contributed by atoms with E-state index in [4.69, 9.17) is 4.74 Å². The van der Waals surface area contributed by atoms with Gasteiger partial charge in [-0.1, -0.05) is 71.6 Å². The van der Waals surface area contributed by atoms with Crippen molar-refractivity contribution in [2.24, 2.45) is 0 Å². The van der Waals surface area contributed by atoms with Gasteiger partial charge in [-0.15, -0.1) is 0 Å². The minimum absolute atomic E-state index is 0.160. The molecule has 0 aliphatic carbocycles. The molecule has 4 heteroatoms. The summed E-state index contributed by atoms with van der Waals surface area (Å²) in [4.78, 5) is 11.7. The monoisotopic (exact) mass is 342 g/mol. The highest BCUT2D eigenvalue weighted by Crippen LogP contribution is 2.10. The van der Waals surface area contributed by atoms with Gasteiger partial charge in [0.15, 0.2) is 0 Å². The van der Waals surface area contributed by atoms with Crippen molar-refractivity contribution in [1.29, 1.82) is 0 Å². The van der Waals surface area contributed by atoms with Crippen LogP contribution in [0.4, 0.5) is 0 Å². The summed E-state index contributed by atoms with van der Waals surface area (Å²) in [6, 6.07) is 0. The molecule has 0 aromatic carbocycles. The molecule has 0 aromatic heterocycles. The van der Waals surface area contributed by atoms with E-state index < -0.39 is 0 Å². The summed E-state index contributed by atoms with van der Waals surface area (Å²) in [6.45, 7) is 8.31.